The summed E-state index contributed by atoms with van der Waals surface area (Å²) in [5, 5.41) is 3.63. The van der Waals surface area contributed by atoms with E-state index >= 15 is 0 Å². The van der Waals surface area contributed by atoms with Crippen molar-refractivity contribution >= 4 is 28.3 Å². The Morgan fingerprint density at radius 1 is 1.56 bits per heavy atom. The minimum atomic E-state index is 0.542. The van der Waals surface area contributed by atoms with E-state index in [1.54, 1.807) is 0 Å². The Morgan fingerprint density at radius 3 is 3.06 bits per heavy atom. The second-order valence-electron chi connectivity index (χ2n) is 4.29. The summed E-state index contributed by atoms with van der Waals surface area (Å²) >= 11 is 2.35. The quantitative estimate of drug-likeness (QED) is 0.853. The molecule has 1 aromatic rings. The fraction of sp³-hybridized carbons (Fsp3) is 0.538. The lowest BCUT2D eigenvalue weighted by Crippen LogP contribution is -2.28. The molecular formula is C13H18INO. The molecule has 2 nitrogen and oxygen atoms in total. The van der Waals surface area contributed by atoms with E-state index in [2.05, 4.69) is 59.1 Å². The van der Waals surface area contributed by atoms with Crippen molar-refractivity contribution in [1.29, 1.82) is 0 Å². The van der Waals surface area contributed by atoms with Crippen molar-refractivity contribution in [3.63, 3.8) is 0 Å². The molecule has 1 N–H and O–H groups in total. The van der Waals surface area contributed by atoms with E-state index in [1.807, 2.05) is 0 Å². The van der Waals surface area contributed by atoms with Gasteiger partial charge in [0.2, 0.25) is 0 Å². The average molecular weight is 331 g/mol. The van der Waals surface area contributed by atoms with E-state index in [9.17, 15) is 0 Å². The highest BCUT2D eigenvalue weighted by Crippen LogP contribution is 2.23. The molecular weight excluding hydrogens is 313 g/mol. The first-order valence-electron chi connectivity index (χ1n) is 5.89. The lowest BCUT2D eigenvalue weighted by Gasteiger charge is -2.23. The van der Waals surface area contributed by atoms with Gasteiger partial charge in [-0.15, -0.1) is 0 Å². The summed E-state index contributed by atoms with van der Waals surface area (Å²) in [5.41, 5.74) is 1.23. The van der Waals surface area contributed by atoms with Crippen LogP contribution in [0, 0.1) is 9.49 Å². The summed E-state index contributed by atoms with van der Waals surface area (Å²) in [6.45, 7) is 4.08. The van der Waals surface area contributed by atoms with Gasteiger partial charge in [0.05, 0.1) is 6.61 Å². The smallest absolute Gasteiger partial charge is 0.0514 e. The van der Waals surface area contributed by atoms with Gasteiger partial charge in [0.25, 0.3) is 0 Å². The van der Waals surface area contributed by atoms with Crippen LogP contribution in [0.5, 0.6) is 0 Å². The van der Waals surface area contributed by atoms with Crippen LogP contribution < -0.4 is 5.32 Å². The summed E-state index contributed by atoms with van der Waals surface area (Å²) < 4.78 is 6.74. The van der Waals surface area contributed by atoms with Gasteiger partial charge >= 0.3 is 0 Å². The predicted molar refractivity (Wildman–Crippen MR) is 75.8 cm³/mol. The number of halogens is 1. The number of rotatable bonds is 4. The number of hydrogen-bond acceptors (Lipinski definition) is 2. The van der Waals surface area contributed by atoms with Gasteiger partial charge in [-0.1, -0.05) is 13.0 Å². The van der Waals surface area contributed by atoms with Crippen LogP contribution in [0.25, 0.3) is 0 Å². The van der Waals surface area contributed by atoms with Crippen LogP contribution >= 0.6 is 22.6 Å². The third-order valence-corrected chi connectivity index (χ3v) is 3.82. The molecule has 3 heteroatoms. The first kappa shape index (κ1) is 12.2. The van der Waals surface area contributed by atoms with Crippen molar-refractivity contribution in [1.82, 2.24) is 0 Å². The molecule has 2 rings (SSSR count). The number of ether oxygens (including phenoxy) is 1. The lowest BCUT2D eigenvalue weighted by molar-refractivity contribution is 0.182. The Hall–Kier alpha value is -0.290. The molecule has 1 heterocycles. The summed E-state index contributed by atoms with van der Waals surface area (Å²) in [5.74, 6) is 0.669. The zero-order valence-corrected chi connectivity index (χ0v) is 11.7. The molecule has 0 aromatic heterocycles. The summed E-state index contributed by atoms with van der Waals surface area (Å²) in [4.78, 5) is 0. The molecule has 0 amide bonds. The Labute approximate surface area is 111 Å². The summed E-state index contributed by atoms with van der Waals surface area (Å²) in [7, 11) is 0. The van der Waals surface area contributed by atoms with Crippen LogP contribution in [-0.4, -0.2) is 19.3 Å². The minimum absolute atomic E-state index is 0.542. The summed E-state index contributed by atoms with van der Waals surface area (Å²) in [6, 6.07) is 9.09. The maximum absolute atomic E-state index is 5.46. The van der Waals surface area contributed by atoms with E-state index in [0.29, 0.717) is 12.0 Å². The second kappa shape index (κ2) is 5.87. The molecule has 2 atom stereocenters. The zero-order chi connectivity index (χ0) is 11.4. The van der Waals surface area contributed by atoms with Gasteiger partial charge < -0.3 is 10.1 Å². The molecule has 16 heavy (non-hydrogen) atoms. The molecule has 0 aliphatic carbocycles. The Kier molecular flexibility index (Phi) is 4.46. The zero-order valence-electron chi connectivity index (χ0n) is 9.58. The van der Waals surface area contributed by atoms with Crippen LogP contribution in [-0.2, 0) is 4.74 Å². The topological polar surface area (TPSA) is 21.3 Å². The monoisotopic (exact) mass is 331 g/mol. The van der Waals surface area contributed by atoms with Crippen LogP contribution in [0.15, 0.2) is 24.3 Å². The molecule has 88 valence electrons. The van der Waals surface area contributed by atoms with E-state index in [0.717, 1.165) is 19.6 Å². The van der Waals surface area contributed by atoms with Gasteiger partial charge in [0.15, 0.2) is 0 Å². The largest absolute Gasteiger partial charge is 0.382 e. The average Bonchev–Trinajstić information content (AvgIpc) is 2.79. The fourth-order valence-electron chi connectivity index (χ4n) is 2.22. The fourth-order valence-corrected chi connectivity index (χ4v) is 2.76. The van der Waals surface area contributed by atoms with Crippen molar-refractivity contribution in [2.45, 2.75) is 25.8 Å². The first-order chi connectivity index (χ1) is 7.79. The van der Waals surface area contributed by atoms with Gasteiger partial charge in [-0.05, 0) is 53.6 Å². The highest BCUT2D eigenvalue weighted by Gasteiger charge is 2.24. The van der Waals surface area contributed by atoms with Gasteiger partial charge in [-0.2, -0.15) is 0 Å². The normalized spacial score (nSPS) is 22.0. The van der Waals surface area contributed by atoms with Gasteiger partial charge in [0.1, 0.15) is 0 Å². The van der Waals surface area contributed by atoms with Crippen LogP contribution in [0.1, 0.15) is 19.8 Å². The van der Waals surface area contributed by atoms with Crippen molar-refractivity contribution in [2.75, 3.05) is 18.5 Å². The number of anilines is 1. The molecule has 0 spiro atoms. The number of benzene rings is 1. The third kappa shape index (κ3) is 3.10. The van der Waals surface area contributed by atoms with Crippen molar-refractivity contribution in [3.8, 4) is 0 Å². The number of hydrogen-bond donors (Lipinski definition) is 1. The van der Waals surface area contributed by atoms with Crippen LogP contribution in [0.2, 0.25) is 0 Å². The predicted octanol–water partition coefficient (Wildman–Crippen LogP) is 3.52. The molecule has 1 aromatic carbocycles. The molecule has 1 aliphatic heterocycles. The van der Waals surface area contributed by atoms with E-state index < -0.39 is 0 Å². The minimum Gasteiger partial charge on any atom is -0.382 e. The van der Waals surface area contributed by atoms with E-state index in [4.69, 9.17) is 4.74 Å². The van der Waals surface area contributed by atoms with Crippen molar-refractivity contribution in [3.05, 3.63) is 27.8 Å². The highest BCUT2D eigenvalue weighted by atomic mass is 127. The van der Waals surface area contributed by atoms with Gasteiger partial charge in [-0.3, -0.25) is 0 Å². The summed E-state index contributed by atoms with van der Waals surface area (Å²) in [6.07, 6.45) is 2.34. The molecule has 1 aliphatic rings. The first-order valence-corrected chi connectivity index (χ1v) is 6.97. The molecule has 2 unspecified atom stereocenters. The Morgan fingerprint density at radius 2 is 2.44 bits per heavy atom. The van der Waals surface area contributed by atoms with E-state index in [1.165, 1.54) is 15.7 Å². The Balaban J connectivity index is 2.00. The molecule has 0 bridgehead atoms. The highest BCUT2D eigenvalue weighted by molar-refractivity contribution is 14.1. The molecule has 1 fully saturated rings. The molecule has 1 saturated heterocycles. The molecule has 0 saturated carbocycles. The van der Waals surface area contributed by atoms with Crippen molar-refractivity contribution < 1.29 is 4.74 Å². The number of nitrogens with one attached hydrogen (secondary N) is 1. The standard InChI is InChI=1S/C13H18INO/c1-2-13(10-6-7-16-9-10)15-12-5-3-4-11(14)8-12/h3-5,8,10,13,15H,2,6-7,9H2,1H3. The maximum Gasteiger partial charge on any atom is 0.0514 e. The second-order valence-corrected chi connectivity index (χ2v) is 5.54. The van der Waals surface area contributed by atoms with Gasteiger partial charge in [-0.25, -0.2) is 0 Å². The lowest BCUT2D eigenvalue weighted by atomic mass is 9.96. The SMILES string of the molecule is CCC(Nc1cccc(I)c1)C1CCOC1. The van der Waals surface area contributed by atoms with Gasteiger partial charge in [0, 0.05) is 27.8 Å². The van der Waals surface area contributed by atoms with Crippen LogP contribution in [0.3, 0.4) is 0 Å². The van der Waals surface area contributed by atoms with Crippen LogP contribution in [0.4, 0.5) is 5.69 Å². The van der Waals surface area contributed by atoms with E-state index in [-0.39, 0.29) is 0 Å². The Bertz CT molecular complexity index is 336. The molecule has 0 radical (unpaired) electrons. The third-order valence-electron chi connectivity index (χ3n) is 3.15. The maximum atomic E-state index is 5.46. The van der Waals surface area contributed by atoms with Crippen molar-refractivity contribution in [2.24, 2.45) is 5.92 Å².